The molecule has 108 valence electrons. The molecule has 1 heterocycles. The molecule has 0 spiro atoms. The molecule has 1 N–H and O–H groups in total. The van der Waals surface area contributed by atoms with Crippen molar-refractivity contribution in [2.45, 2.75) is 59.8 Å². The van der Waals surface area contributed by atoms with Gasteiger partial charge in [0.25, 0.3) is 0 Å². The van der Waals surface area contributed by atoms with Gasteiger partial charge in [-0.15, -0.1) is 10.2 Å². The number of carbonyl (C=O) groups excluding carboxylic acids is 1. The minimum atomic E-state index is 0.0863. The quantitative estimate of drug-likeness (QED) is 0.787. The first-order chi connectivity index (χ1) is 9.06. The zero-order valence-corrected chi connectivity index (χ0v) is 13.2. The minimum absolute atomic E-state index is 0.0863. The summed E-state index contributed by atoms with van der Waals surface area (Å²) in [7, 11) is 0. The number of nitrogens with one attached hydrogen (secondary N) is 1. The van der Waals surface area contributed by atoms with Gasteiger partial charge < -0.3 is 5.32 Å². The van der Waals surface area contributed by atoms with Crippen LogP contribution in [0.25, 0.3) is 0 Å². The van der Waals surface area contributed by atoms with Gasteiger partial charge in [-0.05, 0) is 18.8 Å². The summed E-state index contributed by atoms with van der Waals surface area (Å²) in [4.78, 5) is 12.1. The first-order valence-electron chi connectivity index (χ1n) is 7.20. The third-order valence-electron chi connectivity index (χ3n) is 3.05. The van der Waals surface area contributed by atoms with Crippen LogP contribution in [0, 0.1) is 11.8 Å². The van der Waals surface area contributed by atoms with Gasteiger partial charge in [-0.25, -0.2) is 0 Å². The van der Waals surface area contributed by atoms with E-state index in [1.54, 1.807) is 0 Å². The number of anilines is 1. The third kappa shape index (κ3) is 5.68. The van der Waals surface area contributed by atoms with Crippen LogP contribution < -0.4 is 5.32 Å². The largest absolute Gasteiger partial charge is 0.300 e. The number of unbranched alkanes of at least 4 members (excludes halogenated alkanes) is 1. The number of hydrogen-bond acceptors (Lipinski definition) is 4. The van der Waals surface area contributed by atoms with E-state index < -0.39 is 0 Å². The van der Waals surface area contributed by atoms with E-state index in [-0.39, 0.29) is 11.8 Å². The standard InChI is InChI=1S/C14H25N3OS/c1-5-7-8-11(6-2)13(18)15-14-17-16-12(19-14)9-10(3)4/h10-11H,5-9H2,1-4H3,(H,15,17,18). The van der Waals surface area contributed by atoms with Crippen LogP contribution in [0.15, 0.2) is 0 Å². The average Bonchev–Trinajstić information content (AvgIpc) is 2.76. The van der Waals surface area contributed by atoms with Gasteiger partial charge in [0.1, 0.15) is 5.01 Å². The molecular formula is C14H25N3OS. The Kier molecular flexibility index (Phi) is 6.99. The van der Waals surface area contributed by atoms with Crippen molar-refractivity contribution in [2.24, 2.45) is 11.8 Å². The van der Waals surface area contributed by atoms with Crippen LogP contribution in [-0.4, -0.2) is 16.1 Å². The molecule has 1 unspecified atom stereocenters. The van der Waals surface area contributed by atoms with Crippen molar-refractivity contribution in [2.75, 3.05) is 5.32 Å². The Morgan fingerprint density at radius 2 is 2.05 bits per heavy atom. The molecule has 1 aromatic heterocycles. The lowest BCUT2D eigenvalue weighted by atomic mass is 9.99. The summed E-state index contributed by atoms with van der Waals surface area (Å²) in [5.41, 5.74) is 0. The number of aromatic nitrogens is 2. The van der Waals surface area contributed by atoms with Gasteiger partial charge >= 0.3 is 0 Å². The molecule has 0 radical (unpaired) electrons. The highest BCUT2D eigenvalue weighted by Gasteiger charge is 2.17. The van der Waals surface area contributed by atoms with Gasteiger partial charge in [0.05, 0.1) is 0 Å². The summed E-state index contributed by atoms with van der Waals surface area (Å²) in [6.45, 7) is 8.51. The molecule has 4 nitrogen and oxygen atoms in total. The van der Waals surface area contributed by atoms with E-state index in [0.717, 1.165) is 37.1 Å². The smallest absolute Gasteiger partial charge is 0.229 e. The second-order valence-corrected chi connectivity index (χ2v) is 6.40. The summed E-state index contributed by atoms with van der Waals surface area (Å²) in [6.07, 6.45) is 4.97. The van der Waals surface area contributed by atoms with Crippen molar-refractivity contribution in [3.63, 3.8) is 0 Å². The fraction of sp³-hybridized carbons (Fsp3) is 0.786. The van der Waals surface area contributed by atoms with E-state index in [0.29, 0.717) is 11.0 Å². The van der Waals surface area contributed by atoms with Gasteiger partial charge in [0, 0.05) is 12.3 Å². The molecular weight excluding hydrogens is 258 g/mol. The van der Waals surface area contributed by atoms with Crippen molar-refractivity contribution in [1.29, 1.82) is 0 Å². The summed E-state index contributed by atoms with van der Waals surface area (Å²) < 4.78 is 0. The van der Waals surface area contributed by atoms with Gasteiger partial charge in [-0.3, -0.25) is 4.79 Å². The first kappa shape index (κ1) is 16.1. The Balaban J connectivity index is 2.52. The highest BCUT2D eigenvalue weighted by atomic mass is 32.1. The molecule has 1 atom stereocenters. The van der Waals surface area contributed by atoms with Crippen molar-refractivity contribution < 1.29 is 4.79 Å². The first-order valence-corrected chi connectivity index (χ1v) is 8.01. The maximum absolute atomic E-state index is 12.1. The Labute approximate surface area is 120 Å². The molecule has 5 heteroatoms. The van der Waals surface area contributed by atoms with Crippen LogP contribution in [0.2, 0.25) is 0 Å². The molecule has 0 aliphatic heterocycles. The lowest BCUT2D eigenvalue weighted by molar-refractivity contribution is -0.120. The van der Waals surface area contributed by atoms with Gasteiger partial charge in [0.15, 0.2) is 0 Å². The van der Waals surface area contributed by atoms with E-state index in [9.17, 15) is 4.79 Å². The van der Waals surface area contributed by atoms with E-state index in [4.69, 9.17) is 0 Å². The van der Waals surface area contributed by atoms with Crippen LogP contribution in [0.4, 0.5) is 5.13 Å². The van der Waals surface area contributed by atoms with Gasteiger partial charge in [-0.1, -0.05) is 51.9 Å². The number of nitrogens with zero attached hydrogens (tertiary/aromatic N) is 2. The van der Waals surface area contributed by atoms with E-state index in [1.165, 1.54) is 11.3 Å². The number of amides is 1. The molecule has 0 saturated carbocycles. The zero-order chi connectivity index (χ0) is 14.3. The average molecular weight is 283 g/mol. The summed E-state index contributed by atoms with van der Waals surface area (Å²) >= 11 is 1.49. The molecule has 0 bridgehead atoms. The van der Waals surface area contributed by atoms with Crippen molar-refractivity contribution in [3.05, 3.63) is 5.01 Å². The van der Waals surface area contributed by atoms with Gasteiger partial charge in [0.2, 0.25) is 11.0 Å². The van der Waals surface area contributed by atoms with Crippen LogP contribution >= 0.6 is 11.3 Å². The third-order valence-corrected chi connectivity index (χ3v) is 3.91. The lowest BCUT2D eigenvalue weighted by Crippen LogP contribution is -2.22. The monoisotopic (exact) mass is 283 g/mol. The SMILES string of the molecule is CCCCC(CC)C(=O)Nc1nnc(CC(C)C)s1. The Hall–Kier alpha value is -0.970. The summed E-state index contributed by atoms with van der Waals surface area (Å²) in [6, 6.07) is 0. The lowest BCUT2D eigenvalue weighted by Gasteiger charge is -2.12. The van der Waals surface area contributed by atoms with E-state index in [1.807, 2.05) is 0 Å². The Morgan fingerprint density at radius 1 is 1.32 bits per heavy atom. The molecule has 0 aromatic carbocycles. The fourth-order valence-corrected chi connectivity index (χ4v) is 2.87. The van der Waals surface area contributed by atoms with Crippen LogP contribution in [0.5, 0.6) is 0 Å². The highest BCUT2D eigenvalue weighted by molar-refractivity contribution is 7.15. The number of rotatable bonds is 8. The molecule has 0 aliphatic carbocycles. The predicted octanol–water partition coefficient (Wildman–Crippen LogP) is 3.89. The number of hydrogen-bond donors (Lipinski definition) is 1. The number of carbonyl (C=O) groups is 1. The van der Waals surface area contributed by atoms with Crippen LogP contribution in [-0.2, 0) is 11.2 Å². The maximum atomic E-state index is 12.1. The minimum Gasteiger partial charge on any atom is -0.300 e. The van der Waals surface area contributed by atoms with Crippen LogP contribution in [0.3, 0.4) is 0 Å². The van der Waals surface area contributed by atoms with Gasteiger partial charge in [-0.2, -0.15) is 0 Å². The van der Waals surface area contributed by atoms with Crippen molar-refractivity contribution >= 4 is 22.4 Å². The Bertz CT molecular complexity index is 390. The summed E-state index contributed by atoms with van der Waals surface area (Å²) in [5, 5.41) is 12.7. The maximum Gasteiger partial charge on any atom is 0.229 e. The fourth-order valence-electron chi connectivity index (χ4n) is 1.91. The predicted molar refractivity (Wildman–Crippen MR) is 80.4 cm³/mol. The molecule has 1 rings (SSSR count). The molecule has 0 fully saturated rings. The molecule has 19 heavy (non-hydrogen) atoms. The topological polar surface area (TPSA) is 54.9 Å². The molecule has 0 saturated heterocycles. The Morgan fingerprint density at radius 3 is 2.63 bits per heavy atom. The van der Waals surface area contributed by atoms with Crippen molar-refractivity contribution in [1.82, 2.24) is 10.2 Å². The van der Waals surface area contributed by atoms with E-state index in [2.05, 4.69) is 43.2 Å². The second-order valence-electron chi connectivity index (χ2n) is 5.34. The molecule has 1 aromatic rings. The molecule has 0 aliphatic rings. The van der Waals surface area contributed by atoms with E-state index >= 15 is 0 Å². The second kappa shape index (κ2) is 8.25. The van der Waals surface area contributed by atoms with Crippen molar-refractivity contribution in [3.8, 4) is 0 Å². The normalized spacial score (nSPS) is 12.7. The highest BCUT2D eigenvalue weighted by Crippen LogP contribution is 2.20. The van der Waals surface area contributed by atoms with Crippen LogP contribution in [0.1, 0.15) is 58.4 Å². The summed E-state index contributed by atoms with van der Waals surface area (Å²) in [5.74, 6) is 0.741. The zero-order valence-electron chi connectivity index (χ0n) is 12.4. The molecule has 1 amide bonds.